The lowest BCUT2D eigenvalue weighted by molar-refractivity contribution is -0.126. The molecule has 1 atom stereocenters. The van der Waals surface area contributed by atoms with Gasteiger partial charge in [-0.25, -0.2) is 0 Å². The first-order chi connectivity index (χ1) is 12.3. The summed E-state index contributed by atoms with van der Waals surface area (Å²) in [7, 11) is 0. The van der Waals surface area contributed by atoms with Crippen LogP contribution in [0.5, 0.6) is 0 Å². The molecule has 0 saturated carbocycles. The first-order valence-electron chi connectivity index (χ1n) is 8.09. The Bertz CT molecular complexity index is 923. The lowest BCUT2D eigenvalue weighted by Crippen LogP contribution is -2.31. The summed E-state index contributed by atoms with van der Waals surface area (Å²) in [6.07, 6.45) is 0. The number of carbonyl (C=O) groups excluding carboxylic acids is 2. The molecule has 122 valence electrons. The number of anilines is 3. The van der Waals surface area contributed by atoms with Crippen molar-refractivity contribution in [3.63, 3.8) is 0 Å². The summed E-state index contributed by atoms with van der Waals surface area (Å²) in [5.74, 6) is -1.40. The Labute approximate surface area is 145 Å². The average molecular weight is 328 g/mol. The fourth-order valence-electron chi connectivity index (χ4n) is 3.15. The Morgan fingerprint density at radius 1 is 0.800 bits per heavy atom. The number of rotatable bonds is 3. The summed E-state index contributed by atoms with van der Waals surface area (Å²) in [6.45, 7) is 0. The second-order valence-corrected chi connectivity index (χ2v) is 5.86. The van der Waals surface area contributed by atoms with E-state index in [9.17, 15) is 9.59 Å². The van der Waals surface area contributed by atoms with Crippen LogP contribution >= 0.6 is 0 Å². The molecule has 1 aliphatic rings. The van der Waals surface area contributed by atoms with Gasteiger partial charge in [0.1, 0.15) is 5.92 Å². The smallest absolute Gasteiger partial charge is 0.248 e. The first kappa shape index (κ1) is 15.1. The van der Waals surface area contributed by atoms with Gasteiger partial charge in [0, 0.05) is 11.4 Å². The van der Waals surface area contributed by atoms with Gasteiger partial charge in [-0.1, -0.05) is 54.6 Å². The number of fused-ring (bicyclic) bond motifs is 1. The van der Waals surface area contributed by atoms with Gasteiger partial charge >= 0.3 is 0 Å². The van der Waals surface area contributed by atoms with E-state index in [0.29, 0.717) is 5.69 Å². The van der Waals surface area contributed by atoms with Crippen molar-refractivity contribution < 1.29 is 9.59 Å². The van der Waals surface area contributed by atoms with Crippen molar-refractivity contribution in [1.29, 1.82) is 0 Å². The van der Waals surface area contributed by atoms with Gasteiger partial charge in [0.2, 0.25) is 11.8 Å². The van der Waals surface area contributed by atoms with E-state index in [1.807, 2.05) is 72.8 Å². The molecule has 0 fully saturated rings. The maximum absolute atomic E-state index is 13.1. The lowest BCUT2D eigenvalue weighted by atomic mass is 10.00. The number of carbonyl (C=O) groups is 2. The highest BCUT2D eigenvalue weighted by Gasteiger charge is 2.42. The van der Waals surface area contributed by atoms with Crippen molar-refractivity contribution in [1.82, 2.24) is 0 Å². The molecule has 4 nitrogen and oxygen atoms in total. The van der Waals surface area contributed by atoms with Gasteiger partial charge in [-0.3, -0.25) is 14.5 Å². The van der Waals surface area contributed by atoms with Gasteiger partial charge < -0.3 is 5.32 Å². The summed E-state index contributed by atoms with van der Waals surface area (Å²) in [5.41, 5.74) is 2.92. The third-order valence-corrected chi connectivity index (χ3v) is 4.27. The summed E-state index contributed by atoms with van der Waals surface area (Å²) >= 11 is 0. The third kappa shape index (κ3) is 2.68. The SMILES string of the molecule is O=C(Nc1ccccc1)C1C(=O)N(c2ccccc2)c2ccccc21. The predicted molar refractivity (Wildman–Crippen MR) is 97.8 cm³/mol. The van der Waals surface area contributed by atoms with Gasteiger partial charge in [-0.15, -0.1) is 0 Å². The second kappa shape index (κ2) is 6.24. The van der Waals surface area contributed by atoms with Crippen LogP contribution in [0.1, 0.15) is 11.5 Å². The quantitative estimate of drug-likeness (QED) is 0.736. The molecule has 0 aromatic heterocycles. The van der Waals surface area contributed by atoms with Crippen LogP contribution in [0.4, 0.5) is 17.1 Å². The standard InChI is InChI=1S/C21H16N2O2/c24-20(22-15-9-3-1-4-10-15)19-17-13-7-8-14-18(17)23(21(19)25)16-11-5-2-6-12-16/h1-14,19H,(H,22,24). The Hall–Kier alpha value is -3.40. The van der Waals surface area contributed by atoms with Crippen LogP contribution in [0.15, 0.2) is 84.9 Å². The Balaban J connectivity index is 1.72. The van der Waals surface area contributed by atoms with Crippen molar-refractivity contribution >= 4 is 28.9 Å². The molecule has 4 rings (SSSR count). The number of hydrogen-bond acceptors (Lipinski definition) is 2. The highest BCUT2D eigenvalue weighted by molar-refractivity contribution is 6.22. The maximum atomic E-state index is 13.1. The number of para-hydroxylation sites is 3. The molecule has 2 amide bonds. The number of benzene rings is 3. The summed E-state index contributed by atoms with van der Waals surface area (Å²) in [4.78, 5) is 27.5. The molecule has 4 heteroatoms. The van der Waals surface area contributed by atoms with E-state index in [1.54, 1.807) is 17.0 Å². The molecule has 3 aromatic carbocycles. The van der Waals surface area contributed by atoms with Crippen LogP contribution in [0.3, 0.4) is 0 Å². The Kier molecular flexibility index (Phi) is 3.78. The molecule has 0 spiro atoms. The molecule has 25 heavy (non-hydrogen) atoms. The predicted octanol–water partition coefficient (Wildman–Crippen LogP) is 4.09. The molecule has 1 heterocycles. The van der Waals surface area contributed by atoms with Crippen molar-refractivity contribution in [3.8, 4) is 0 Å². The largest absolute Gasteiger partial charge is 0.325 e. The third-order valence-electron chi connectivity index (χ3n) is 4.27. The molecule has 1 unspecified atom stereocenters. The summed E-state index contributed by atoms with van der Waals surface area (Å²) in [5, 5.41) is 2.84. The second-order valence-electron chi connectivity index (χ2n) is 5.86. The first-order valence-corrected chi connectivity index (χ1v) is 8.09. The normalized spacial score (nSPS) is 15.8. The number of amides is 2. The highest BCUT2D eigenvalue weighted by Crippen LogP contribution is 2.42. The molecule has 0 bridgehead atoms. The lowest BCUT2D eigenvalue weighted by Gasteiger charge is -2.18. The van der Waals surface area contributed by atoms with Crippen molar-refractivity contribution in [2.75, 3.05) is 10.2 Å². The van der Waals surface area contributed by atoms with Gasteiger partial charge in [0.25, 0.3) is 0 Å². The van der Waals surface area contributed by atoms with Crippen LogP contribution in [-0.4, -0.2) is 11.8 Å². The molecule has 0 aliphatic carbocycles. The molecule has 3 aromatic rings. The van der Waals surface area contributed by atoms with Crippen molar-refractivity contribution in [3.05, 3.63) is 90.5 Å². The zero-order valence-electron chi connectivity index (χ0n) is 13.4. The maximum Gasteiger partial charge on any atom is 0.248 e. The van der Waals surface area contributed by atoms with E-state index >= 15 is 0 Å². The Morgan fingerprint density at radius 3 is 2.12 bits per heavy atom. The molecular weight excluding hydrogens is 312 g/mol. The van der Waals surface area contributed by atoms with Gasteiger partial charge in [0.05, 0.1) is 5.69 Å². The topological polar surface area (TPSA) is 49.4 Å². The molecular formula is C21H16N2O2. The van der Waals surface area contributed by atoms with E-state index in [0.717, 1.165) is 16.9 Å². The monoisotopic (exact) mass is 328 g/mol. The summed E-state index contributed by atoms with van der Waals surface area (Å²) < 4.78 is 0. The Morgan fingerprint density at radius 2 is 1.40 bits per heavy atom. The minimum absolute atomic E-state index is 0.235. The summed E-state index contributed by atoms with van der Waals surface area (Å²) in [6, 6.07) is 26.0. The van der Waals surface area contributed by atoms with Crippen molar-refractivity contribution in [2.45, 2.75) is 5.92 Å². The van der Waals surface area contributed by atoms with E-state index in [1.165, 1.54) is 0 Å². The van der Waals surface area contributed by atoms with E-state index in [4.69, 9.17) is 0 Å². The van der Waals surface area contributed by atoms with E-state index in [-0.39, 0.29) is 11.8 Å². The molecule has 1 aliphatic heterocycles. The van der Waals surface area contributed by atoms with Gasteiger partial charge in [0.15, 0.2) is 0 Å². The van der Waals surface area contributed by atoms with Crippen LogP contribution in [-0.2, 0) is 9.59 Å². The number of hydrogen-bond donors (Lipinski definition) is 1. The highest BCUT2D eigenvalue weighted by atomic mass is 16.2. The fourth-order valence-corrected chi connectivity index (χ4v) is 3.15. The minimum atomic E-state index is -0.850. The molecule has 0 radical (unpaired) electrons. The minimum Gasteiger partial charge on any atom is -0.325 e. The fraction of sp³-hybridized carbons (Fsp3) is 0.0476. The number of nitrogens with one attached hydrogen (secondary N) is 1. The van der Waals surface area contributed by atoms with Gasteiger partial charge in [-0.2, -0.15) is 0 Å². The average Bonchev–Trinajstić information content (AvgIpc) is 2.95. The number of nitrogens with zero attached hydrogens (tertiary/aromatic N) is 1. The van der Waals surface area contributed by atoms with Crippen LogP contribution < -0.4 is 10.2 Å². The van der Waals surface area contributed by atoms with Crippen LogP contribution in [0, 0.1) is 0 Å². The molecule has 0 saturated heterocycles. The van der Waals surface area contributed by atoms with Crippen LogP contribution in [0.25, 0.3) is 0 Å². The van der Waals surface area contributed by atoms with Crippen molar-refractivity contribution in [2.24, 2.45) is 0 Å². The zero-order chi connectivity index (χ0) is 17.2. The zero-order valence-corrected chi connectivity index (χ0v) is 13.4. The molecule has 1 N–H and O–H groups in total. The van der Waals surface area contributed by atoms with Crippen LogP contribution in [0.2, 0.25) is 0 Å². The van der Waals surface area contributed by atoms with Gasteiger partial charge in [-0.05, 0) is 35.9 Å². The van der Waals surface area contributed by atoms with E-state index in [2.05, 4.69) is 5.32 Å². The van der Waals surface area contributed by atoms with E-state index < -0.39 is 5.92 Å².